The fourth-order valence-corrected chi connectivity index (χ4v) is 3.57. The Balaban J connectivity index is 1.77. The minimum Gasteiger partial charge on any atom is -0.497 e. The van der Waals surface area contributed by atoms with E-state index in [0.717, 1.165) is 16.9 Å². The number of carbonyl (C=O) groups is 2. The molecular weight excluding hydrogens is 298 g/mol. The standard InChI is InChI=1S/C17H15NO3S/c1-21-13-9-7-12(8-10-13)18-15(11-19)16(17(18)20)22-14-5-3-2-4-6-14/h2-11,15-16H,1H3/t15-,16+/m1/s1. The summed E-state index contributed by atoms with van der Waals surface area (Å²) in [5, 5.41) is -0.359. The van der Waals surface area contributed by atoms with Gasteiger partial charge in [0.05, 0.1) is 7.11 Å². The van der Waals surface area contributed by atoms with E-state index in [1.165, 1.54) is 16.7 Å². The number of amides is 1. The maximum absolute atomic E-state index is 12.4. The summed E-state index contributed by atoms with van der Waals surface area (Å²) in [7, 11) is 1.59. The number of methoxy groups -OCH3 is 1. The Morgan fingerprint density at radius 1 is 1.09 bits per heavy atom. The third-order valence-electron chi connectivity index (χ3n) is 3.59. The summed E-state index contributed by atoms with van der Waals surface area (Å²) in [5.74, 6) is 0.672. The molecule has 1 saturated heterocycles. The first kappa shape index (κ1) is 14.7. The number of aldehydes is 1. The normalized spacial score (nSPS) is 20.4. The molecule has 112 valence electrons. The van der Waals surface area contributed by atoms with Crippen molar-refractivity contribution in [2.75, 3.05) is 12.0 Å². The van der Waals surface area contributed by atoms with E-state index in [2.05, 4.69) is 0 Å². The van der Waals surface area contributed by atoms with Crippen molar-refractivity contribution in [3.63, 3.8) is 0 Å². The van der Waals surface area contributed by atoms with Crippen LogP contribution in [0.25, 0.3) is 0 Å². The van der Waals surface area contributed by atoms with Gasteiger partial charge in [0.2, 0.25) is 5.91 Å². The van der Waals surface area contributed by atoms with Gasteiger partial charge < -0.3 is 9.53 Å². The zero-order valence-corrected chi connectivity index (χ0v) is 12.8. The second-order valence-electron chi connectivity index (χ2n) is 4.88. The minimum atomic E-state index is -0.439. The van der Waals surface area contributed by atoms with Gasteiger partial charge in [-0.15, -0.1) is 11.8 Å². The molecule has 0 N–H and O–H groups in total. The molecular formula is C17H15NO3S. The Morgan fingerprint density at radius 2 is 1.77 bits per heavy atom. The summed E-state index contributed by atoms with van der Waals surface area (Å²) in [5.41, 5.74) is 0.716. The largest absolute Gasteiger partial charge is 0.497 e. The molecule has 2 aromatic carbocycles. The van der Waals surface area contributed by atoms with Gasteiger partial charge in [-0.25, -0.2) is 0 Å². The Bertz CT molecular complexity index is 672. The highest BCUT2D eigenvalue weighted by molar-refractivity contribution is 8.00. The summed E-state index contributed by atoms with van der Waals surface area (Å²) in [6.07, 6.45) is 0.840. The molecule has 22 heavy (non-hydrogen) atoms. The number of nitrogens with zero attached hydrogens (tertiary/aromatic N) is 1. The van der Waals surface area contributed by atoms with Crippen molar-refractivity contribution >= 4 is 29.6 Å². The van der Waals surface area contributed by atoms with Crippen LogP contribution in [0.1, 0.15) is 0 Å². The topological polar surface area (TPSA) is 46.6 Å². The molecule has 5 heteroatoms. The molecule has 0 bridgehead atoms. The van der Waals surface area contributed by atoms with Crippen molar-refractivity contribution in [2.24, 2.45) is 0 Å². The average molecular weight is 313 g/mol. The SMILES string of the molecule is COc1ccc(N2C(=O)[C@@H](Sc3ccccc3)[C@H]2C=O)cc1. The van der Waals surface area contributed by atoms with Gasteiger partial charge in [0, 0.05) is 10.6 Å². The van der Waals surface area contributed by atoms with Gasteiger partial charge in [-0.05, 0) is 36.4 Å². The molecule has 0 radical (unpaired) electrons. The Labute approximate surface area is 133 Å². The van der Waals surface area contributed by atoms with Crippen LogP contribution in [-0.4, -0.2) is 30.6 Å². The van der Waals surface area contributed by atoms with Crippen LogP contribution in [0.15, 0.2) is 59.5 Å². The summed E-state index contributed by atoms with van der Waals surface area (Å²) in [4.78, 5) is 26.3. The molecule has 0 unspecified atom stereocenters. The number of anilines is 1. The molecule has 2 atom stereocenters. The van der Waals surface area contributed by atoms with E-state index < -0.39 is 6.04 Å². The molecule has 2 aromatic rings. The van der Waals surface area contributed by atoms with E-state index >= 15 is 0 Å². The van der Waals surface area contributed by atoms with E-state index in [9.17, 15) is 9.59 Å². The number of hydrogen-bond donors (Lipinski definition) is 0. The highest BCUT2D eigenvalue weighted by Gasteiger charge is 2.48. The molecule has 1 fully saturated rings. The molecule has 1 heterocycles. The molecule has 1 aliphatic rings. The molecule has 4 nitrogen and oxygen atoms in total. The van der Waals surface area contributed by atoms with Crippen LogP contribution in [-0.2, 0) is 9.59 Å². The van der Waals surface area contributed by atoms with Crippen molar-refractivity contribution in [2.45, 2.75) is 16.2 Å². The Kier molecular flexibility index (Phi) is 4.15. The first-order chi connectivity index (χ1) is 10.7. The Morgan fingerprint density at radius 3 is 2.36 bits per heavy atom. The van der Waals surface area contributed by atoms with E-state index in [-0.39, 0.29) is 11.2 Å². The van der Waals surface area contributed by atoms with Gasteiger partial charge in [-0.2, -0.15) is 0 Å². The van der Waals surface area contributed by atoms with Crippen LogP contribution in [0.5, 0.6) is 5.75 Å². The lowest BCUT2D eigenvalue weighted by molar-refractivity contribution is -0.127. The fourth-order valence-electron chi connectivity index (χ4n) is 2.42. The average Bonchev–Trinajstić information content (AvgIpc) is 2.58. The van der Waals surface area contributed by atoms with Crippen molar-refractivity contribution in [3.8, 4) is 5.75 Å². The third kappa shape index (κ3) is 2.60. The highest BCUT2D eigenvalue weighted by Crippen LogP contribution is 2.38. The van der Waals surface area contributed by atoms with Crippen LogP contribution in [0.3, 0.4) is 0 Å². The molecule has 3 rings (SSSR count). The number of hydrogen-bond acceptors (Lipinski definition) is 4. The Hall–Kier alpha value is -2.27. The fraction of sp³-hybridized carbons (Fsp3) is 0.176. The van der Waals surface area contributed by atoms with Gasteiger partial charge in [0.15, 0.2) is 0 Å². The lowest BCUT2D eigenvalue weighted by Gasteiger charge is -2.43. The number of benzene rings is 2. The second-order valence-corrected chi connectivity index (χ2v) is 6.10. The quantitative estimate of drug-likeness (QED) is 0.629. The first-order valence-corrected chi connectivity index (χ1v) is 7.76. The minimum absolute atomic E-state index is 0.0453. The van der Waals surface area contributed by atoms with E-state index in [1.807, 2.05) is 30.3 Å². The van der Waals surface area contributed by atoms with Crippen LogP contribution in [0.2, 0.25) is 0 Å². The lowest BCUT2D eigenvalue weighted by Crippen LogP contribution is -2.64. The molecule has 1 amide bonds. The summed E-state index contributed by atoms with van der Waals surface area (Å²) < 4.78 is 5.10. The number of thioether (sulfide) groups is 1. The predicted octanol–water partition coefficient (Wildman–Crippen LogP) is 2.77. The smallest absolute Gasteiger partial charge is 0.243 e. The third-order valence-corrected chi connectivity index (χ3v) is 4.86. The van der Waals surface area contributed by atoms with E-state index in [4.69, 9.17) is 4.74 Å². The van der Waals surface area contributed by atoms with Crippen molar-refractivity contribution in [3.05, 3.63) is 54.6 Å². The van der Waals surface area contributed by atoms with Gasteiger partial charge in [-0.1, -0.05) is 18.2 Å². The summed E-state index contributed by atoms with van der Waals surface area (Å²) >= 11 is 1.43. The maximum Gasteiger partial charge on any atom is 0.243 e. The van der Waals surface area contributed by atoms with Crippen LogP contribution in [0, 0.1) is 0 Å². The van der Waals surface area contributed by atoms with E-state index in [1.54, 1.807) is 31.4 Å². The lowest BCUT2D eigenvalue weighted by atomic mass is 10.0. The first-order valence-electron chi connectivity index (χ1n) is 6.88. The van der Waals surface area contributed by atoms with Crippen molar-refractivity contribution < 1.29 is 14.3 Å². The van der Waals surface area contributed by atoms with Crippen molar-refractivity contribution in [1.29, 1.82) is 0 Å². The highest BCUT2D eigenvalue weighted by atomic mass is 32.2. The molecule has 0 saturated carbocycles. The zero-order chi connectivity index (χ0) is 15.5. The van der Waals surface area contributed by atoms with Gasteiger partial charge in [0.25, 0.3) is 0 Å². The maximum atomic E-state index is 12.4. The van der Waals surface area contributed by atoms with Gasteiger partial charge in [-0.3, -0.25) is 9.69 Å². The van der Waals surface area contributed by atoms with Crippen molar-refractivity contribution in [1.82, 2.24) is 0 Å². The van der Waals surface area contributed by atoms with Crippen LogP contribution in [0.4, 0.5) is 5.69 Å². The molecule has 0 spiro atoms. The molecule has 0 aromatic heterocycles. The number of rotatable bonds is 5. The van der Waals surface area contributed by atoms with Crippen LogP contribution < -0.4 is 9.64 Å². The van der Waals surface area contributed by atoms with Gasteiger partial charge >= 0.3 is 0 Å². The van der Waals surface area contributed by atoms with E-state index in [0.29, 0.717) is 5.69 Å². The zero-order valence-electron chi connectivity index (χ0n) is 12.0. The number of β-lactam (4-membered cyclic amide) rings is 1. The monoisotopic (exact) mass is 313 g/mol. The van der Waals surface area contributed by atoms with Gasteiger partial charge in [0.1, 0.15) is 23.3 Å². The number of carbonyl (C=O) groups excluding carboxylic acids is 2. The molecule has 1 aliphatic heterocycles. The number of ether oxygens (including phenoxy) is 1. The summed E-state index contributed by atoms with van der Waals surface area (Å²) in [6.45, 7) is 0. The predicted molar refractivity (Wildman–Crippen MR) is 86.4 cm³/mol. The second kappa shape index (κ2) is 6.23. The van der Waals surface area contributed by atoms with Crippen LogP contribution >= 0.6 is 11.8 Å². The summed E-state index contributed by atoms with van der Waals surface area (Å²) in [6, 6.07) is 16.3. The molecule has 0 aliphatic carbocycles.